The van der Waals surface area contributed by atoms with Gasteiger partial charge in [-0.25, -0.2) is 0 Å². The van der Waals surface area contributed by atoms with Crippen LogP contribution in [0.25, 0.3) is 0 Å². The SMILES string of the molecule is CSC1=CC(C)(C)C(=CC=CC(CCCO[Si](C)(C)C(C)(C)C)O[Si](C)(C)C(C)(C)C)C1=O. The topological polar surface area (TPSA) is 35.5 Å². The molecule has 3 nitrogen and oxygen atoms in total. The standard InChI is InChI=1S/C27H50O3SSi2/c1-25(2,3)32(10,11)29-19-15-17-21(30-33(12,13)26(4,5)6)16-14-18-22-24(28)23(31-9)20-27(22,7)8/h14,16,18,20-21H,15,17,19H2,1-13H3. The molecule has 0 aliphatic heterocycles. The van der Waals surface area contributed by atoms with Gasteiger partial charge in [0.25, 0.3) is 0 Å². The molecule has 190 valence electrons. The summed E-state index contributed by atoms with van der Waals surface area (Å²) in [6.07, 6.45) is 12.2. The molecule has 0 aromatic rings. The lowest BCUT2D eigenvalue weighted by Crippen LogP contribution is -2.43. The minimum absolute atomic E-state index is 0.0263. The average Bonchev–Trinajstić information content (AvgIpc) is 2.85. The second-order valence-electron chi connectivity index (χ2n) is 12.9. The van der Waals surface area contributed by atoms with Crippen molar-refractivity contribution in [2.24, 2.45) is 5.41 Å². The molecule has 0 heterocycles. The van der Waals surface area contributed by atoms with Crippen molar-refractivity contribution >= 4 is 34.2 Å². The molecule has 0 bridgehead atoms. The lowest BCUT2D eigenvalue weighted by molar-refractivity contribution is -0.111. The molecule has 1 aliphatic rings. The average molecular weight is 511 g/mol. The van der Waals surface area contributed by atoms with Crippen LogP contribution in [0.5, 0.6) is 0 Å². The van der Waals surface area contributed by atoms with Crippen molar-refractivity contribution in [1.29, 1.82) is 0 Å². The lowest BCUT2D eigenvalue weighted by atomic mass is 9.87. The zero-order valence-electron chi connectivity index (χ0n) is 23.6. The van der Waals surface area contributed by atoms with Gasteiger partial charge < -0.3 is 8.85 Å². The Balaban J connectivity index is 2.97. The monoisotopic (exact) mass is 510 g/mol. The molecule has 1 unspecified atom stereocenters. The number of hydrogen-bond donors (Lipinski definition) is 0. The third-order valence-electron chi connectivity index (χ3n) is 7.62. The van der Waals surface area contributed by atoms with Crippen LogP contribution in [-0.4, -0.2) is 41.4 Å². The Labute approximate surface area is 211 Å². The summed E-state index contributed by atoms with van der Waals surface area (Å²) < 4.78 is 13.2. The maximum absolute atomic E-state index is 12.7. The van der Waals surface area contributed by atoms with Gasteiger partial charge in [-0.3, -0.25) is 4.79 Å². The van der Waals surface area contributed by atoms with E-state index in [0.717, 1.165) is 29.9 Å². The van der Waals surface area contributed by atoms with E-state index >= 15 is 0 Å². The van der Waals surface area contributed by atoms with Crippen LogP contribution in [0.4, 0.5) is 0 Å². The quantitative estimate of drug-likeness (QED) is 0.168. The Kier molecular flexibility index (Phi) is 10.3. The third kappa shape index (κ3) is 8.34. The Bertz CT molecular complexity index is 778. The van der Waals surface area contributed by atoms with Gasteiger partial charge in [-0.1, -0.05) is 79.7 Å². The predicted octanol–water partition coefficient (Wildman–Crippen LogP) is 8.52. The van der Waals surface area contributed by atoms with Crippen LogP contribution >= 0.6 is 11.8 Å². The normalized spacial score (nSPS) is 20.1. The number of carbonyl (C=O) groups is 1. The van der Waals surface area contributed by atoms with Crippen molar-refractivity contribution in [3.8, 4) is 0 Å². The van der Waals surface area contributed by atoms with Crippen LogP contribution in [-0.2, 0) is 13.6 Å². The summed E-state index contributed by atoms with van der Waals surface area (Å²) in [5, 5.41) is 0.371. The molecule has 1 rings (SSSR count). The first-order chi connectivity index (χ1) is 14.7. The van der Waals surface area contributed by atoms with Gasteiger partial charge in [0.2, 0.25) is 0 Å². The number of thioether (sulfide) groups is 1. The number of allylic oxidation sites excluding steroid dienone is 5. The smallest absolute Gasteiger partial charge is 0.195 e. The minimum atomic E-state index is -1.92. The van der Waals surface area contributed by atoms with Crippen LogP contribution in [0.2, 0.25) is 36.3 Å². The van der Waals surface area contributed by atoms with E-state index < -0.39 is 16.6 Å². The molecule has 0 radical (unpaired) electrons. The van der Waals surface area contributed by atoms with E-state index in [1.807, 2.05) is 18.4 Å². The summed E-state index contributed by atoms with van der Waals surface area (Å²) in [5.41, 5.74) is 0.627. The summed E-state index contributed by atoms with van der Waals surface area (Å²) in [7, 11) is -3.66. The fourth-order valence-corrected chi connectivity index (χ4v) is 6.29. The molecule has 0 saturated heterocycles. The number of hydrogen-bond acceptors (Lipinski definition) is 4. The van der Waals surface area contributed by atoms with E-state index in [-0.39, 0.29) is 27.4 Å². The summed E-state index contributed by atoms with van der Waals surface area (Å²) in [6.45, 7) is 27.9. The molecule has 6 heteroatoms. The third-order valence-corrected chi connectivity index (χ3v) is 17.4. The number of rotatable bonds is 10. The highest BCUT2D eigenvalue weighted by atomic mass is 32.2. The Hall–Kier alpha value is -0.406. The zero-order valence-corrected chi connectivity index (χ0v) is 26.5. The van der Waals surface area contributed by atoms with Gasteiger partial charge in [0.15, 0.2) is 22.4 Å². The second kappa shape index (κ2) is 11.1. The highest BCUT2D eigenvalue weighted by Crippen LogP contribution is 2.42. The molecule has 0 aromatic carbocycles. The molecule has 0 N–H and O–H groups in total. The Morgan fingerprint density at radius 3 is 2.03 bits per heavy atom. The maximum atomic E-state index is 12.7. The van der Waals surface area contributed by atoms with Gasteiger partial charge in [-0.05, 0) is 55.4 Å². The first kappa shape index (κ1) is 30.6. The van der Waals surface area contributed by atoms with Crippen LogP contribution in [0.15, 0.2) is 34.8 Å². The largest absolute Gasteiger partial charge is 0.417 e. The van der Waals surface area contributed by atoms with Gasteiger partial charge in [0, 0.05) is 17.6 Å². The fraction of sp³-hybridized carbons (Fsp3) is 0.741. The van der Waals surface area contributed by atoms with Crippen molar-refractivity contribution in [3.05, 3.63) is 34.8 Å². The molecule has 0 fully saturated rings. The van der Waals surface area contributed by atoms with Gasteiger partial charge in [0.1, 0.15) is 0 Å². The van der Waals surface area contributed by atoms with E-state index in [2.05, 4.69) is 93.7 Å². The van der Waals surface area contributed by atoms with E-state index in [1.165, 1.54) is 11.8 Å². The zero-order chi connectivity index (χ0) is 25.9. The minimum Gasteiger partial charge on any atom is -0.417 e. The highest BCUT2D eigenvalue weighted by Gasteiger charge is 2.39. The van der Waals surface area contributed by atoms with Crippen molar-refractivity contribution in [3.63, 3.8) is 0 Å². The Morgan fingerprint density at radius 2 is 1.58 bits per heavy atom. The van der Waals surface area contributed by atoms with Crippen LogP contribution in [0, 0.1) is 5.41 Å². The van der Waals surface area contributed by atoms with Crippen molar-refractivity contribution < 1.29 is 13.6 Å². The van der Waals surface area contributed by atoms with Gasteiger partial charge in [-0.2, -0.15) is 0 Å². The Morgan fingerprint density at radius 1 is 1.03 bits per heavy atom. The summed E-state index contributed by atoms with van der Waals surface area (Å²) in [5.74, 6) is 0.154. The van der Waals surface area contributed by atoms with Crippen LogP contribution < -0.4 is 0 Å². The van der Waals surface area contributed by atoms with Crippen LogP contribution in [0.3, 0.4) is 0 Å². The highest BCUT2D eigenvalue weighted by molar-refractivity contribution is 8.03. The first-order valence-corrected chi connectivity index (χ1v) is 19.3. The number of ketones is 1. The van der Waals surface area contributed by atoms with Gasteiger partial charge >= 0.3 is 0 Å². The predicted molar refractivity (Wildman–Crippen MR) is 152 cm³/mol. The van der Waals surface area contributed by atoms with E-state index in [9.17, 15) is 4.79 Å². The van der Waals surface area contributed by atoms with Crippen LogP contribution in [0.1, 0.15) is 68.2 Å². The van der Waals surface area contributed by atoms with Crippen molar-refractivity contribution in [2.45, 2.75) is 111 Å². The molecule has 1 aliphatic carbocycles. The summed E-state index contributed by atoms with van der Waals surface area (Å²) in [4.78, 5) is 13.6. The number of Topliss-reactive ketones (excluding diaryl/α,β-unsaturated/α-hetero) is 1. The molecule has 0 saturated carbocycles. The summed E-state index contributed by atoms with van der Waals surface area (Å²) >= 11 is 1.53. The van der Waals surface area contributed by atoms with Gasteiger partial charge in [0.05, 0.1) is 11.0 Å². The first-order valence-electron chi connectivity index (χ1n) is 12.3. The molecule has 33 heavy (non-hydrogen) atoms. The maximum Gasteiger partial charge on any atom is 0.195 e. The van der Waals surface area contributed by atoms with E-state index in [0.29, 0.717) is 0 Å². The molecule has 0 amide bonds. The number of carbonyl (C=O) groups excluding carboxylic acids is 1. The van der Waals surface area contributed by atoms with Crippen molar-refractivity contribution in [2.75, 3.05) is 12.9 Å². The molecule has 0 aromatic heterocycles. The second-order valence-corrected chi connectivity index (χ2v) is 23.3. The summed E-state index contributed by atoms with van der Waals surface area (Å²) in [6, 6.07) is 0. The molecule has 1 atom stereocenters. The van der Waals surface area contributed by atoms with Crippen molar-refractivity contribution in [1.82, 2.24) is 0 Å². The van der Waals surface area contributed by atoms with Gasteiger partial charge in [-0.15, -0.1) is 11.8 Å². The lowest BCUT2D eigenvalue weighted by Gasteiger charge is -2.39. The van der Waals surface area contributed by atoms with E-state index in [4.69, 9.17) is 8.85 Å². The molecular weight excluding hydrogens is 461 g/mol. The fourth-order valence-electron chi connectivity index (χ4n) is 3.19. The molecule has 0 spiro atoms. The van der Waals surface area contributed by atoms with E-state index in [1.54, 1.807) is 0 Å². The molecular formula is C27H50O3SSi2.